The quantitative estimate of drug-likeness (QED) is 0.256. The second-order valence-electron chi connectivity index (χ2n) is 7.42. The molecule has 0 spiro atoms. The first kappa shape index (κ1) is 25.1. The summed E-state index contributed by atoms with van der Waals surface area (Å²) in [5.41, 5.74) is 0.348. The van der Waals surface area contributed by atoms with Crippen molar-refractivity contribution in [2.45, 2.75) is 11.8 Å². The molecule has 0 saturated carbocycles. The van der Waals surface area contributed by atoms with Crippen LogP contribution in [0.3, 0.4) is 0 Å². The van der Waals surface area contributed by atoms with Gasteiger partial charge in [0.15, 0.2) is 11.5 Å². The maximum Gasteiger partial charge on any atom is 0.339 e. The average molecular weight is 571 g/mol. The predicted octanol–water partition coefficient (Wildman–Crippen LogP) is 4.28. The minimum atomic E-state index is -4.12. The first-order valence-electron chi connectivity index (χ1n) is 10.6. The van der Waals surface area contributed by atoms with E-state index in [1.807, 2.05) is 0 Å². The summed E-state index contributed by atoms with van der Waals surface area (Å²) in [5, 5.41) is 2.16. The molecule has 36 heavy (non-hydrogen) atoms. The van der Waals surface area contributed by atoms with E-state index in [-0.39, 0.29) is 34.3 Å². The zero-order valence-corrected chi connectivity index (χ0v) is 21.2. The lowest BCUT2D eigenvalue weighted by molar-refractivity contribution is -0.122. The fraction of sp³-hybridized carbons (Fsp3) is 0.0800. The molecule has 1 N–H and O–H groups in total. The Kier molecular flexibility index (Phi) is 7.22. The maximum atomic E-state index is 13.1. The molecule has 9 nitrogen and oxygen atoms in total. The second kappa shape index (κ2) is 10.3. The lowest BCUT2D eigenvalue weighted by Gasteiger charge is -2.26. The van der Waals surface area contributed by atoms with Crippen LogP contribution in [-0.2, 0) is 19.7 Å². The summed E-state index contributed by atoms with van der Waals surface area (Å²) >= 11 is 3.29. The van der Waals surface area contributed by atoms with Crippen LogP contribution < -0.4 is 19.1 Å². The molecular formula is C25H19BrN2O7S. The van der Waals surface area contributed by atoms with Gasteiger partial charge in [0, 0.05) is 4.47 Å². The van der Waals surface area contributed by atoms with Gasteiger partial charge in [-0.1, -0.05) is 40.2 Å². The molecule has 4 amide bonds. The van der Waals surface area contributed by atoms with Crippen molar-refractivity contribution in [2.75, 3.05) is 11.5 Å². The van der Waals surface area contributed by atoms with Crippen LogP contribution in [0.4, 0.5) is 10.5 Å². The molecule has 3 aromatic carbocycles. The summed E-state index contributed by atoms with van der Waals surface area (Å²) in [6.07, 6.45) is 1.29. The monoisotopic (exact) mass is 570 g/mol. The highest BCUT2D eigenvalue weighted by Crippen LogP contribution is 2.32. The molecule has 3 aromatic rings. The molecule has 1 heterocycles. The van der Waals surface area contributed by atoms with Crippen molar-refractivity contribution >= 4 is 55.7 Å². The van der Waals surface area contributed by atoms with E-state index >= 15 is 0 Å². The van der Waals surface area contributed by atoms with E-state index in [4.69, 9.17) is 8.92 Å². The van der Waals surface area contributed by atoms with Crippen LogP contribution in [0, 0.1) is 0 Å². The molecular weight excluding hydrogens is 552 g/mol. The van der Waals surface area contributed by atoms with Crippen LogP contribution in [0.2, 0.25) is 0 Å². The number of nitrogens with zero attached hydrogens (tertiary/aromatic N) is 1. The number of rotatable bonds is 7. The number of imide groups is 2. The fourth-order valence-electron chi connectivity index (χ4n) is 3.35. The highest BCUT2D eigenvalue weighted by atomic mass is 79.9. The van der Waals surface area contributed by atoms with Gasteiger partial charge >= 0.3 is 16.1 Å². The highest BCUT2D eigenvalue weighted by Gasteiger charge is 2.36. The SMILES string of the molecule is CCOc1cc(/C=C2\C(=O)NC(=O)N(c3ccc(Br)cc3)C2=O)ccc1OS(=O)(=O)c1ccccc1. The summed E-state index contributed by atoms with van der Waals surface area (Å²) in [6, 6.07) is 17.5. The number of carbonyl (C=O) groups is 3. The van der Waals surface area contributed by atoms with Crippen LogP contribution >= 0.6 is 15.9 Å². The zero-order chi connectivity index (χ0) is 25.9. The van der Waals surface area contributed by atoms with Crippen molar-refractivity contribution < 1.29 is 31.7 Å². The number of anilines is 1. The van der Waals surface area contributed by atoms with Crippen molar-refractivity contribution in [1.29, 1.82) is 0 Å². The minimum Gasteiger partial charge on any atom is -0.490 e. The molecule has 1 aliphatic rings. The van der Waals surface area contributed by atoms with Crippen molar-refractivity contribution in [3.05, 3.63) is 88.4 Å². The van der Waals surface area contributed by atoms with Gasteiger partial charge in [-0.3, -0.25) is 14.9 Å². The third-order valence-corrected chi connectivity index (χ3v) is 6.77. The molecule has 11 heteroatoms. The Hall–Kier alpha value is -3.96. The number of ether oxygens (including phenoxy) is 1. The van der Waals surface area contributed by atoms with E-state index in [2.05, 4.69) is 21.2 Å². The number of hydrogen-bond donors (Lipinski definition) is 1. The molecule has 1 fully saturated rings. The van der Waals surface area contributed by atoms with Gasteiger partial charge in [0.2, 0.25) is 0 Å². The largest absolute Gasteiger partial charge is 0.490 e. The second-order valence-corrected chi connectivity index (χ2v) is 9.89. The fourth-order valence-corrected chi connectivity index (χ4v) is 4.58. The lowest BCUT2D eigenvalue weighted by atomic mass is 10.1. The number of carbonyl (C=O) groups excluding carboxylic acids is 3. The van der Waals surface area contributed by atoms with E-state index in [1.54, 1.807) is 49.4 Å². The summed E-state index contributed by atoms with van der Waals surface area (Å²) in [4.78, 5) is 38.8. The first-order chi connectivity index (χ1) is 17.2. The lowest BCUT2D eigenvalue weighted by Crippen LogP contribution is -2.54. The average Bonchev–Trinajstić information content (AvgIpc) is 2.85. The van der Waals surface area contributed by atoms with Crippen molar-refractivity contribution in [1.82, 2.24) is 5.32 Å². The number of urea groups is 1. The number of nitrogens with one attached hydrogen (secondary N) is 1. The topological polar surface area (TPSA) is 119 Å². The summed E-state index contributed by atoms with van der Waals surface area (Å²) in [6.45, 7) is 1.91. The molecule has 0 bridgehead atoms. The smallest absolute Gasteiger partial charge is 0.339 e. The Balaban J connectivity index is 1.67. The minimum absolute atomic E-state index is 0.0270. The summed E-state index contributed by atoms with van der Waals surface area (Å²) < 4.78 is 36.9. The number of halogens is 1. The standard InChI is InChI=1S/C25H19BrN2O7S/c1-2-34-22-15-16(8-13-21(22)35-36(32,33)19-6-4-3-5-7-19)14-20-23(29)27-25(31)28(24(20)30)18-11-9-17(26)10-12-18/h3-15H,2H2,1H3,(H,27,29,31)/b20-14+. The van der Waals surface area contributed by atoms with Gasteiger partial charge < -0.3 is 8.92 Å². The molecule has 0 aromatic heterocycles. The van der Waals surface area contributed by atoms with E-state index in [1.165, 1.54) is 36.4 Å². The first-order valence-corrected chi connectivity index (χ1v) is 12.8. The Morgan fingerprint density at radius 3 is 2.31 bits per heavy atom. The number of benzene rings is 3. The maximum absolute atomic E-state index is 13.1. The number of barbiturate groups is 1. The van der Waals surface area contributed by atoms with Gasteiger partial charge in [-0.2, -0.15) is 8.42 Å². The van der Waals surface area contributed by atoms with Crippen LogP contribution in [0.15, 0.2) is 87.7 Å². The molecule has 1 saturated heterocycles. The Morgan fingerprint density at radius 2 is 1.64 bits per heavy atom. The molecule has 0 atom stereocenters. The Labute approximate surface area is 215 Å². The molecule has 184 valence electrons. The third-order valence-electron chi connectivity index (χ3n) is 5.00. The Morgan fingerprint density at radius 1 is 0.944 bits per heavy atom. The van der Waals surface area contributed by atoms with Gasteiger partial charge in [-0.05, 0) is 67.1 Å². The van der Waals surface area contributed by atoms with Gasteiger partial charge in [0.1, 0.15) is 10.5 Å². The molecule has 0 unspecified atom stereocenters. The zero-order valence-electron chi connectivity index (χ0n) is 18.8. The summed E-state index contributed by atoms with van der Waals surface area (Å²) in [5.74, 6) is -1.64. The number of hydrogen-bond acceptors (Lipinski definition) is 7. The third kappa shape index (κ3) is 5.31. The van der Waals surface area contributed by atoms with Gasteiger partial charge in [0.25, 0.3) is 11.8 Å². The summed E-state index contributed by atoms with van der Waals surface area (Å²) in [7, 11) is -4.12. The van der Waals surface area contributed by atoms with Crippen LogP contribution in [0.1, 0.15) is 12.5 Å². The van der Waals surface area contributed by atoms with Crippen molar-refractivity contribution in [3.8, 4) is 11.5 Å². The van der Waals surface area contributed by atoms with Crippen molar-refractivity contribution in [2.24, 2.45) is 0 Å². The van der Waals surface area contributed by atoms with E-state index < -0.39 is 28.0 Å². The van der Waals surface area contributed by atoms with E-state index in [0.717, 1.165) is 9.37 Å². The Bertz CT molecular complexity index is 1470. The van der Waals surface area contributed by atoms with Crippen LogP contribution in [0.25, 0.3) is 6.08 Å². The molecule has 4 rings (SSSR count). The normalized spacial score (nSPS) is 15.1. The molecule has 0 radical (unpaired) electrons. The van der Waals surface area contributed by atoms with Gasteiger partial charge in [-0.25, -0.2) is 9.69 Å². The van der Waals surface area contributed by atoms with Gasteiger partial charge in [-0.15, -0.1) is 0 Å². The van der Waals surface area contributed by atoms with Crippen LogP contribution in [-0.4, -0.2) is 32.9 Å². The molecule has 0 aliphatic carbocycles. The highest BCUT2D eigenvalue weighted by molar-refractivity contribution is 9.10. The van der Waals surface area contributed by atoms with E-state index in [9.17, 15) is 22.8 Å². The predicted molar refractivity (Wildman–Crippen MR) is 135 cm³/mol. The van der Waals surface area contributed by atoms with E-state index in [0.29, 0.717) is 5.56 Å². The number of amides is 4. The van der Waals surface area contributed by atoms with Crippen LogP contribution in [0.5, 0.6) is 11.5 Å². The molecule has 1 aliphatic heterocycles. The van der Waals surface area contributed by atoms with Crippen molar-refractivity contribution in [3.63, 3.8) is 0 Å². The van der Waals surface area contributed by atoms with Gasteiger partial charge in [0.05, 0.1) is 12.3 Å².